The van der Waals surface area contributed by atoms with Crippen LogP contribution < -0.4 is 5.32 Å². The fraction of sp³-hybridized carbons (Fsp3) is 0.409. The third kappa shape index (κ3) is 4.28. The smallest absolute Gasteiger partial charge is 0.317 e. The number of hydrogen-bond donors (Lipinski definition) is 1. The second kappa shape index (κ2) is 8.77. The van der Waals surface area contributed by atoms with Crippen molar-refractivity contribution in [2.75, 3.05) is 33.2 Å². The Kier molecular flexibility index (Phi) is 6.40. The summed E-state index contributed by atoms with van der Waals surface area (Å²) in [7, 11) is 2.21. The topological polar surface area (TPSA) is 35.6 Å². The van der Waals surface area contributed by atoms with Gasteiger partial charge in [-0.3, -0.25) is 4.90 Å². The zero-order valence-electron chi connectivity index (χ0n) is 15.8. The van der Waals surface area contributed by atoms with Crippen molar-refractivity contribution < 1.29 is 4.79 Å². The van der Waals surface area contributed by atoms with Crippen molar-refractivity contribution in [1.82, 2.24) is 15.1 Å². The molecule has 0 bridgehead atoms. The van der Waals surface area contributed by atoms with Crippen LogP contribution in [0.4, 0.5) is 4.79 Å². The van der Waals surface area contributed by atoms with Crippen LogP contribution in [-0.2, 0) is 6.42 Å². The van der Waals surface area contributed by atoms with Crippen LogP contribution in [0, 0.1) is 11.8 Å². The predicted molar refractivity (Wildman–Crippen MR) is 111 cm³/mol. The molecule has 27 heavy (non-hydrogen) atoms. The fourth-order valence-electron chi connectivity index (χ4n) is 4.65. The molecule has 2 aliphatic rings. The van der Waals surface area contributed by atoms with Gasteiger partial charge in [-0.15, -0.1) is 12.4 Å². The van der Waals surface area contributed by atoms with E-state index in [4.69, 9.17) is 0 Å². The zero-order valence-corrected chi connectivity index (χ0v) is 16.6. The van der Waals surface area contributed by atoms with Crippen LogP contribution in [0.1, 0.15) is 17.2 Å². The lowest BCUT2D eigenvalue weighted by Gasteiger charge is -2.27. The van der Waals surface area contributed by atoms with Crippen molar-refractivity contribution in [3.63, 3.8) is 0 Å². The van der Waals surface area contributed by atoms with Crippen molar-refractivity contribution in [1.29, 1.82) is 0 Å². The van der Waals surface area contributed by atoms with E-state index in [1.807, 2.05) is 23.1 Å². The number of carbonyl (C=O) groups is 1. The van der Waals surface area contributed by atoms with Gasteiger partial charge >= 0.3 is 6.03 Å². The third-order valence-electron chi connectivity index (χ3n) is 5.86. The number of fused-ring (bicyclic) bond motifs is 1. The van der Waals surface area contributed by atoms with E-state index in [0.717, 1.165) is 26.1 Å². The number of benzene rings is 2. The third-order valence-corrected chi connectivity index (χ3v) is 5.86. The summed E-state index contributed by atoms with van der Waals surface area (Å²) in [5.41, 5.74) is 2.63. The lowest BCUT2D eigenvalue weighted by Crippen LogP contribution is -2.41. The summed E-state index contributed by atoms with van der Waals surface area (Å²) in [5, 5.41) is 3.10. The summed E-state index contributed by atoms with van der Waals surface area (Å²) in [4.78, 5) is 17.1. The molecular weight excluding hydrogens is 358 g/mol. The highest BCUT2D eigenvalue weighted by Crippen LogP contribution is 2.43. The van der Waals surface area contributed by atoms with Gasteiger partial charge in [-0.1, -0.05) is 60.7 Å². The fourth-order valence-corrected chi connectivity index (χ4v) is 4.65. The Morgan fingerprint density at radius 2 is 1.67 bits per heavy atom. The highest BCUT2D eigenvalue weighted by atomic mass is 35.5. The van der Waals surface area contributed by atoms with Gasteiger partial charge in [0.2, 0.25) is 0 Å². The number of likely N-dealkylation sites (tertiary alicyclic amines) is 2. The molecule has 2 aromatic carbocycles. The highest BCUT2D eigenvalue weighted by Gasteiger charge is 2.47. The first-order valence-electron chi connectivity index (χ1n) is 9.54. The predicted octanol–water partition coefficient (Wildman–Crippen LogP) is 3.60. The number of nitrogens with zero attached hydrogens (tertiary/aromatic N) is 2. The molecule has 5 heteroatoms. The van der Waals surface area contributed by atoms with Crippen molar-refractivity contribution in [3.05, 3.63) is 71.8 Å². The summed E-state index contributed by atoms with van der Waals surface area (Å²) in [6.45, 7) is 3.48. The van der Waals surface area contributed by atoms with Crippen LogP contribution >= 0.6 is 12.4 Å². The Morgan fingerprint density at radius 1 is 1.00 bits per heavy atom. The minimum atomic E-state index is 0. The lowest BCUT2D eigenvalue weighted by molar-refractivity contribution is 0.194. The van der Waals surface area contributed by atoms with E-state index in [0.29, 0.717) is 24.4 Å². The van der Waals surface area contributed by atoms with Gasteiger partial charge in [0.25, 0.3) is 0 Å². The first-order valence-corrected chi connectivity index (χ1v) is 9.54. The molecule has 2 fully saturated rings. The minimum Gasteiger partial charge on any atom is -0.338 e. The number of urea groups is 1. The molecule has 2 aromatic rings. The number of hydrogen-bond acceptors (Lipinski definition) is 2. The van der Waals surface area contributed by atoms with Crippen LogP contribution in [0.2, 0.25) is 0 Å². The molecule has 4 rings (SSSR count). The van der Waals surface area contributed by atoms with E-state index < -0.39 is 0 Å². The summed E-state index contributed by atoms with van der Waals surface area (Å²) in [6.07, 6.45) is 0.878. The van der Waals surface area contributed by atoms with E-state index >= 15 is 0 Å². The maximum atomic E-state index is 12.6. The number of amides is 2. The monoisotopic (exact) mass is 385 g/mol. The van der Waals surface area contributed by atoms with Gasteiger partial charge in [0.05, 0.1) is 0 Å². The maximum Gasteiger partial charge on any atom is 0.317 e. The molecule has 0 radical (unpaired) electrons. The Morgan fingerprint density at radius 3 is 2.37 bits per heavy atom. The highest BCUT2D eigenvalue weighted by molar-refractivity contribution is 5.85. The summed E-state index contributed by atoms with van der Waals surface area (Å²) >= 11 is 0. The van der Waals surface area contributed by atoms with Crippen molar-refractivity contribution >= 4 is 18.4 Å². The van der Waals surface area contributed by atoms with Gasteiger partial charge in [0.1, 0.15) is 0 Å². The normalized spacial score (nSPS) is 24.3. The van der Waals surface area contributed by atoms with Gasteiger partial charge in [0, 0.05) is 38.1 Å². The second-order valence-electron chi connectivity index (χ2n) is 7.59. The van der Waals surface area contributed by atoms with E-state index in [9.17, 15) is 4.79 Å². The van der Waals surface area contributed by atoms with Crippen LogP contribution in [0.15, 0.2) is 60.7 Å². The SMILES string of the molecule is CN1C[C@H]2CN(C(=O)NCCc3ccccc3)C[C@H]2[C@@H]1c1ccccc1.Cl. The molecule has 0 unspecified atom stereocenters. The van der Waals surface area contributed by atoms with E-state index in [1.165, 1.54) is 11.1 Å². The van der Waals surface area contributed by atoms with E-state index in [1.54, 1.807) is 0 Å². The number of nitrogens with one attached hydrogen (secondary N) is 1. The maximum absolute atomic E-state index is 12.6. The molecule has 2 aliphatic heterocycles. The first-order chi connectivity index (χ1) is 12.7. The molecule has 4 nitrogen and oxygen atoms in total. The molecule has 144 valence electrons. The van der Waals surface area contributed by atoms with Gasteiger partial charge in [-0.05, 0) is 30.5 Å². The number of rotatable bonds is 4. The molecular formula is C22H28ClN3O. The number of halogens is 1. The molecule has 2 amide bonds. The average molecular weight is 386 g/mol. The van der Waals surface area contributed by atoms with Gasteiger partial charge in [-0.25, -0.2) is 4.79 Å². The van der Waals surface area contributed by atoms with Crippen molar-refractivity contribution in [2.45, 2.75) is 12.5 Å². The molecule has 3 atom stereocenters. The molecule has 0 aromatic heterocycles. The van der Waals surface area contributed by atoms with Crippen molar-refractivity contribution in [3.8, 4) is 0 Å². The van der Waals surface area contributed by atoms with Crippen LogP contribution in [-0.4, -0.2) is 49.1 Å². The largest absolute Gasteiger partial charge is 0.338 e. The molecule has 2 saturated heterocycles. The summed E-state index contributed by atoms with van der Waals surface area (Å²) in [6, 6.07) is 21.5. The summed E-state index contributed by atoms with van der Waals surface area (Å²) in [5.74, 6) is 1.10. The minimum absolute atomic E-state index is 0. The van der Waals surface area contributed by atoms with Crippen LogP contribution in [0.25, 0.3) is 0 Å². The average Bonchev–Trinajstić information content (AvgIpc) is 3.20. The van der Waals surface area contributed by atoms with Crippen LogP contribution in [0.5, 0.6) is 0 Å². The van der Waals surface area contributed by atoms with E-state index in [-0.39, 0.29) is 18.4 Å². The Balaban J connectivity index is 0.00000210. The molecule has 0 saturated carbocycles. The Hall–Kier alpha value is -2.04. The summed E-state index contributed by atoms with van der Waals surface area (Å²) < 4.78 is 0. The Bertz CT molecular complexity index is 740. The molecule has 0 aliphatic carbocycles. The molecule has 0 spiro atoms. The Labute approximate surface area is 168 Å². The zero-order chi connectivity index (χ0) is 17.9. The van der Waals surface area contributed by atoms with Crippen molar-refractivity contribution in [2.24, 2.45) is 11.8 Å². The molecule has 1 N–H and O–H groups in total. The molecule has 2 heterocycles. The van der Waals surface area contributed by atoms with Gasteiger partial charge in [-0.2, -0.15) is 0 Å². The quantitative estimate of drug-likeness (QED) is 0.872. The van der Waals surface area contributed by atoms with Gasteiger partial charge < -0.3 is 10.2 Å². The number of carbonyl (C=O) groups excluding carboxylic acids is 1. The van der Waals surface area contributed by atoms with Crippen LogP contribution in [0.3, 0.4) is 0 Å². The first kappa shape index (κ1) is 19.7. The standard InChI is InChI=1S/C22H27N3O.ClH/c1-24-14-19-15-25(16-20(19)21(24)18-10-6-3-7-11-18)22(26)23-13-12-17-8-4-2-5-9-17;/h2-11,19-21H,12-16H2,1H3,(H,23,26);1H/t19-,20+,21-;/m0./s1. The van der Waals surface area contributed by atoms with E-state index in [2.05, 4.69) is 59.7 Å². The van der Waals surface area contributed by atoms with Gasteiger partial charge in [0.15, 0.2) is 0 Å². The lowest BCUT2D eigenvalue weighted by atomic mass is 9.90. The second-order valence-corrected chi connectivity index (χ2v) is 7.59.